The Bertz CT molecular complexity index is 780. The number of hydrogen-bond donors (Lipinski definition) is 1. The lowest BCUT2D eigenvalue weighted by Gasteiger charge is -2.18. The zero-order valence-corrected chi connectivity index (χ0v) is 13.7. The summed E-state index contributed by atoms with van der Waals surface area (Å²) in [5, 5.41) is 4.05. The highest BCUT2D eigenvalue weighted by Crippen LogP contribution is 2.20. The van der Waals surface area contributed by atoms with Crippen LogP contribution in [0.5, 0.6) is 0 Å². The molecule has 2 rings (SSSR count). The normalized spacial score (nSPS) is 12.4. The predicted octanol–water partition coefficient (Wildman–Crippen LogP) is 1.98. The number of halogens is 1. The first-order valence-corrected chi connectivity index (χ1v) is 7.56. The number of aryl methyl sites for hydroxylation is 1. The average molecular weight is 322 g/mol. The highest BCUT2D eigenvalue weighted by molar-refractivity contribution is 6.30. The molecule has 0 amide bonds. The first-order valence-electron chi connectivity index (χ1n) is 7.18. The van der Waals surface area contributed by atoms with Gasteiger partial charge in [0, 0.05) is 43.5 Å². The van der Waals surface area contributed by atoms with Gasteiger partial charge in [-0.15, -0.1) is 0 Å². The third-order valence-electron chi connectivity index (χ3n) is 3.72. The number of benzene rings is 1. The minimum atomic E-state index is -0.323. The fourth-order valence-electron chi connectivity index (χ4n) is 2.46. The van der Waals surface area contributed by atoms with Gasteiger partial charge in [-0.25, -0.2) is 4.79 Å². The molecule has 6 heteroatoms. The van der Waals surface area contributed by atoms with Gasteiger partial charge in [0.25, 0.3) is 5.56 Å². The van der Waals surface area contributed by atoms with Gasteiger partial charge in [0.05, 0.1) is 0 Å². The summed E-state index contributed by atoms with van der Waals surface area (Å²) >= 11 is 6.03. The molecule has 1 unspecified atom stereocenters. The van der Waals surface area contributed by atoms with E-state index in [9.17, 15) is 9.59 Å². The number of rotatable bonds is 5. The predicted molar refractivity (Wildman–Crippen MR) is 88.2 cm³/mol. The standard InChI is InChI=1S/C16H20ClN3O2/c1-4-14(11-6-5-7-13(17)8-11)18-9-12-10-19(2)16(22)20(3)15(12)21/h5-8,10,14,18H,4,9H2,1-3H3. The van der Waals surface area contributed by atoms with Crippen molar-refractivity contribution in [2.75, 3.05) is 0 Å². The molecule has 118 valence electrons. The Hall–Kier alpha value is -1.85. The SMILES string of the molecule is CCC(NCc1cn(C)c(=O)n(C)c1=O)c1cccc(Cl)c1. The van der Waals surface area contributed by atoms with Gasteiger partial charge in [-0.2, -0.15) is 0 Å². The highest BCUT2D eigenvalue weighted by Gasteiger charge is 2.12. The molecule has 1 aromatic heterocycles. The summed E-state index contributed by atoms with van der Waals surface area (Å²) in [4.78, 5) is 23.8. The summed E-state index contributed by atoms with van der Waals surface area (Å²) in [6.45, 7) is 2.46. The molecule has 0 saturated carbocycles. The lowest BCUT2D eigenvalue weighted by molar-refractivity contribution is 0.511. The molecule has 0 fully saturated rings. The molecule has 22 heavy (non-hydrogen) atoms. The molecule has 0 saturated heterocycles. The average Bonchev–Trinajstić information content (AvgIpc) is 2.50. The molecule has 1 atom stereocenters. The minimum Gasteiger partial charge on any atom is -0.306 e. The monoisotopic (exact) mass is 321 g/mol. The van der Waals surface area contributed by atoms with E-state index in [1.807, 2.05) is 24.3 Å². The van der Waals surface area contributed by atoms with Crippen LogP contribution >= 0.6 is 11.6 Å². The lowest BCUT2D eigenvalue weighted by Crippen LogP contribution is -2.39. The van der Waals surface area contributed by atoms with Crippen LogP contribution in [0.15, 0.2) is 40.1 Å². The van der Waals surface area contributed by atoms with Crippen molar-refractivity contribution < 1.29 is 0 Å². The van der Waals surface area contributed by atoms with Gasteiger partial charge in [-0.3, -0.25) is 9.36 Å². The molecule has 0 radical (unpaired) electrons. The summed E-state index contributed by atoms with van der Waals surface area (Å²) in [6, 6.07) is 7.77. The first kappa shape index (κ1) is 16.5. The van der Waals surface area contributed by atoms with Gasteiger partial charge in [0.1, 0.15) is 0 Å². The van der Waals surface area contributed by atoms with Gasteiger partial charge in [0.2, 0.25) is 0 Å². The van der Waals surface area contributed by atoms with E-state index in [4.69, 9.17) is 11.6 Å². The number of aromatic nitrogens is 2. The number of nitrogens with one attached hydrogen (secondary N) is 1. The van der Waals surface area contributed by atoms with Gasteiger partial charge >= 0.3 is 5.69 Å². The molecule has 1 aromatic carbocycles. The Morgan fingerprint density at radius 2 is 2.00 bits per heavy atom. The molecule has 5 nitrogen and oxygen atoms in total. The van der Waals surface area contributed by atoms with Crippen LogP contribution in [-0.2, 0) is 20.6 Å². The summed E-state index contributed by atoms with van der Waals surface area (Å²) in [6.07, 6.45) is 2.45. The topological polar surface area (TPSA) is 56.0 Å². The van der Waals surface area contributed by atoms with E-state index in [0.717, 1.165) is 16.6 Å². The summed E-state index contributed by atoms with van der Waals surface area (Å²) in [7, 11) is 3.13. The first-order chi connectivity index (χ1) is 10.4. The highest BCUT2D eigenvalue weighted by atomic mass is 35.5. The second-order valence-corrected chi connectivity index (χ2v) is 5.75. The van der Waals surface area contributed by atoms with Crippen molar-refractivity contribution in [2.24, 2.45) is 14.1 Å². The van der Waals surface area contributed by atoms with Crippen LogP contribution in [0.1, 0.15) is 30.5 Å². The van der Waals surface area contributed by atoms with Crippen LogP contribution in [0.2, 0.25) is 5.02 Å². The van der Waals surface area contributed by atoms with Crippen molar-refractivity contribution in [2.45, 2.75) is 25.9 Å². The third kappa shape index (κ3) is 3.48. The van der Waals surface area contributed by atoms with Crippen molar-refractivity contribution in [3.05, 3.63) is 67.4 Å². The summed E-state index contributed by atoms with van der Waals surface area (Å²) in [5.74, 6) is 0. The van der Waals surface area contributed by atoms with Crippen LogP contribution in [0.4, 0.5) is 0 Å². The zero-order valence-electron chi connectivity index (χ0n) is 13.0. The van der Waals surface area contributed by atoms with Crippen LogP contribution in [0.25, 0.3) is 0 Å². The summed E-state index contributed by atoms with van der Waals surface area (Å²) < 4.78 is 2.54. The van der Waals surface area contributed by atoms with Crippen molar-refractivity contribution in [3.8, 4) is 0 Å². The molecular weight excluding hydrogens is 302 g/mol. The second kappa shape index (κ2) is 6.94. The van der Waals surface area contributed by atoms with E-state index in [0.29, 0.717) is 17.1 Å². The number of nitrogens with zero attached hydrogens (tertiary/aromatic N) is 2. The van der Waals surface area contributed by atoms with Gasteiger partial charge in [-0.05, 0) is 24.1 Å². The molecule has 2 aromatic rings. The van der Waals surface area contributed by atoms with E-state index in [2.05, 4.69) is 12.2 Å². The number of hydrogen-bond acceptors (Lipinski definition) is 3. The Morgan fingerprint density at radius 3 is 2.64 bits per heavy atom. The Kier molecular flexibility index (Phi) is 5.21. The van der Waals surface area contributed by atoms with Gasteiger partial charge in [0.15, 0.2) is 0 Å². The van der Waals surface area contributed by atoms with E-state index < -0.39 is 0 Å². The molecule has 1 N–H and O–H groups in total. The van der Waals surface area contributed by atoms with Gasteiger partial charge in [-0.1, -0.05) is 30.7 Å². The lowest BCUT2D eigenvalue weighted by atomic mass is 10.0. The van der Waals surface area contributed by atoms with Crippen molar-refractivity contribution in [3.63, 3.8) is 0 Å². The zero-order chi connectivity index (χ0) is 16.3. The van der Waals surface area contributed by atoms with Crippen LogP contribution in [0.3, 0.4) is 0 Å². The van der Waals surface area contributed by atoms with Crippen molar-refractivity contribution in [1.29, 1.82) is 0 Å². The summed E-state index contributed by atoms with van der Waals surface area (Å²) in [5.41, 5.74) is 1.05. The maximum absolute atomic E-state index is 12.1. The molecule has 1 heterocycles. The maximum Gasteiger partial charge on any atom is 0.330 e. The quantitative estimate of drug-likeness (QED) is 0.916. The molecule has 0 aliphatic rings. The third-order valence-corrected chi connectivity index (χ3v) is 3.95. The maximum atomic E-state index is 12.1. The minimum absolute atomic E-state index is 0.0978. The molecule has 0 aliphatic carbocycles. The Balaban J connectivity index is 2.22. The van der Waals surface area contributed by atoms with E-state index >= 15 is 0 Å². The van der Waals surface area contributed by atoms with E-state index in [1.165, 1.54) is 11.6 Å². The van der Waals surface area contributed by atoms with Crippen molar-refractivity contribution >= 4 is 11.6 Å². The molecule has 0 bridgehead atoms. The molecular formula is C16H20ClN3O2. The van der Waals surface area contributed by atoms with Crippen LogP contribution in [-0.4, -0.2) is 9.13 Å². The fourth-order valence-corrected chi connectivity index (χ4v) is 2.66. The Labute approximate surface area is 134 Å². The molecule has 0 aliphatic heterocycles. The van der Waals surface area contributed by atoms with Crippen molar-refractivity contribution in [1.82, 2.24) is 14.5 Å². The Morgan fingerprint density at radius 1 is 1.27 bits per heavy atom. The van der Waals surface area contributed by atoms with Gasteiger partial charge < -0.3 is 9.88 Å². The van der Waals surface area contributed by atoms with Crippen LogP contribution in [0, 0.1) is 0 Å². The largest absolute Gasteiger partial charge is 0.330 e. The van der Waals surface area contributed by atoms with E-state index in [-0.39, 0.29) is 17.3 Å². The van der Waals surface area contributed by atoms with E-state index in [1.54, 1.807) is 13.2 Å². The van der Waals surface area contributed by atoms with Crippen LogP contribution < -0.4 is 16.6 Å². The molecule has 0 spiro atoms. The smallest absolute Gasteiger partial charge is 0.306 e. The fraction of sp³-hybridized carbons (Fsp3) is 0.375. The second-order valence-electron chi connectivity index (χ2n) is 5.31.